The van der Waals surface area contributed by atoms with E-state index in [2.05, 4.69) is 10.2 Å². The lowest BCUT2D eigenvalue weighted by atomic mass is 9.99. The van der Waals surface area contributed by atoms with E-state index in [4.69, 9.17) is 19.4 Å². The molecule has 1 atom stereocenters. The van der Waals surface area contributed by atoms with Gasteiger partial charge >= 0.3 is 12.1 Å². The Balaban J connectivity index is 0.000000616. The summed E-state index contributed by atoms with van der Waals surface area (Å²) < 4.78 is 71.2. The quantitative estimate of drug-likeness (QED) is 0.455. The highest BCUT2D eigenvalue weighted by molar-refractivity contribution is 7.89. The number of benzene rings is 2. The van der Waals surface area contributed by atoms with Gasteiger partial charge in [0.15, 0.2) is 0 Å². The number of carbonyl (C=O) groups is 2. The van der Waals surface area contributed by atoms with Crippen LogP contribution >= 0.6 is 0 Å². The van der Waals surface area contributed by atoms with Crippen LogP contribution in [0.3, 0.4) is 0 Å². The fourth-order valence-corrected chi connectivity index (χ4v) is 6.18. The van der Waals surface area contributed by atoms with E-state index < -0.39 is 22.2 Å². The molecular weight excluding hydrogens is 579 g/mol. The van der Waals surface area contributed by atoms with Gasteiger partial charge in [-0.05, 0) is 75.1 Å². The van der Waals surface area contributed by atoms with Crippen molar-refractivity contribution >= 4 is 27.6 Å². The first-order chi connectivity index (χ1) is 19.8. The Morgan fingerprint density at radius 2 is 1.74 bits per heavy atom. The average molecular weight is 616 g/mol. The summed E-state index contributed by atoms with van der Waals surface area (Å²) in [5.41, 5.74) is 0.914. The number of sulfonamides is 1. The van der Waals surface area contributed by atoms with Crippen molar-refractivity contribution < 1.29 is 45.8 Å². The smallest absolute Gasteiger partial charge is 0.490 e. The Labute approximate surface area is 243 Å². The van der Waals surface area contributed by atoms with E-state index in [9.17, 15) is 26.4 Å². The second-order valence-corrected chi connectivity index (χ2v) is 12.2. The van der Waals surface area contributed by atoms with Crippen LogP contribution in [-0.2, 0) is 19.6 Å². The first kappa shape index (κ1) is 33.3. The number of rotatable bonds is 8. The third-order valence-electron chi connectivity index (χ3n) is 6.56. The Kier molecular flexibility index (Phi) is 11.7. The fourth-order valence-electron chi connectivity index (χ4n) is 4.58. The van der Waals surface area contributed by atoms with Crippen molar-refractivity contribution in [2.24, 2.45) is 5.92 Å². The van der Waals surface area contributed by atoms with Gasteiger partial charge in [-0.25, -0.2) is 13.2 Å². The predicted molar refractivity (Wildman–Crippen MR) is 149 cm³/mol. The molecule has 0 aromatic heterocycles. The highest BCUT2D eigenvalue weighted by Crippen LogP contribution is 2.26. The highest BCUT2D eigenvalue weighted by Gasteiger charge is 2.38. The Morgan fingerprint density at radius 3 is 2.33 bits per heavy atom. The largest absolute Gasteiger partial charge is 0.491 e. The molecule has 0 saturated carbocycles. The van der Waals surface area contributed by atoms with Gasteiger partial charge in [-0.3, -0.25) is 9.69 Å². The van der Waals surface area contributed by atoms with Crippen LogP contribution in [0.25, 0.3) is 0 Å². The monoisotopic (exact) mass is 615 g/mol. The minimum absolute atomic E-state index is 0.0645. The second-order valence-electron chi connectivity index (χ2n) is 10.3. The maximum atomic E-state index is 13.4. The molecule has 2 heterocycles. The molecule has 2 saturated heterocycles. The fraction of sp³-hybridized carbons (Fsp3) is 0.500. The number of hydrogen-bond acceptors (Lipinski definition) is 7. The minimum Gasteiger partial charge on any atom is -0.491 e. The van der Waals surface area contributed by atoms with E-state index in [1.807, 2.05) is 13.8 Å². The number of nitrogens with zero attached hydrogens (tertiary/aromatic N) is 2. The SMILES string of the molecule is CC(C)Oc1ccc(NC(=O)c2cccc(S(=O)(=O)N3CCCC(CN4CCOCC4)C3)c2)cc1.O=C(O)C(F)(F)F. The number of nitrogens with one attached hydrogen (secondary N) is 1. The molecule has 232 valence electrons. The molecule has 2 N–H and O–H groups in total. The summed E-state index contributed by atoms with van der Waals surface area (Å²) in [6.45, 7) is 9.05. The zero-order valence-electron chi connectivity index (χ0n) is 23.5. The van der Waals surface area contributed by atoms with Gasteiger partial charge in [0.1, 0.15) is 5.75 Å². The molecule has 42 heavy (non-hydrogen) atoms. The van der Waals surface area contributed by atoms with Gasteiger partial charge in [0.25, 0.3) is 5.91 Å². The van der Waals surface area contributed by atoms with Crippen LogP contribution in [0.5, 0.6) is 5.75 Å². The summed E-state index contributed by atoms with van der Waals surface area (Å²) in [5, 5.41) is 9.96. The van der Waals surface area contributed by atoms with Gasteiger partial charge in [-0.2, -0.15) is 17.5 Å². The summed E-state index contributed by atoms with van der Waals surface area (Å²) >= 11 is 0. The number of ether oxygens (including phenoxy) is 2. The topological polar surface area (TPSA) is 125 Å². The Hall–Kier alpha value is -3.20. The predicted octanol–water partition coefficient (Wildman–Crippen LogP) is 4.09. The molecule has 1 amide bonds. The Bertz CT molecular complexity index is 1300. The maximum absolute atomic E-state index is 13.4. The third-order valence-corrected chi connectivity index (χ3v) is 8.42. The van der Waals surface area contributed by atoms with Crippen LogP contribution in [0, 0.1) is 5.92 Å². The molecule has 0 bridgehead atoms. The van der Waals surface area contributed by atoms with Crippen molar-refractivity contribution in [3.8, 4) is 5.75 Å². The molecular formula is C28H36F3N3O7S. The van der Waals surface area contributed by atoms with Crippen LogP contribution in [0.1, 0.15) is 37.0 Å². The first-order valence-electron chi connectivity index (χ1n) is 13.5. The van der Waals surface area contributed by atoms with Gasteiger partial charge in [-0.15, -0.1) is 0 Å². The summed E-state index contributed by atoms with van der Waals surface area (Å²) in [5.74, 6) is -2.10. The molecule has 2 aliphatic rings. The van der Waals surface area contributed by atoms with Crippen molar-refractivity contribution in [1.29, 1.82) is 0 Å². The van der Waals surface area contributed by atoms with Crippen molar-refractivity contribution in [2.45, 2.75) is 43.9 Å². The molecule has 4 rings (SSSR count). The molecule has 0 spiro atoms. The molecule has 14 heteroatoms. The minimum atomic E-state index is -5.08. The maximum Gasteiger partial charge on any atom is 0.490 e. The van der Waals surface area contributed by atoms with Crippen LogP contribution in [-0.4, -0.2) is 92.8 Å². The summed E-state index contributed by atoms with van der Waals surface area (Å²) in [6.07, 6.45) is -3.16. The molecule has 2 fully saturated rings. The van der Waals surface area contributed by atoms with Gasteiger partial charge in [-0.1, -0.05) is 6.07 Å². The summed E-state index contributed by atoms with van der Waals surface area (Å²) in [4.78, 5) is 24.2. The van der Waals surface area contributed by atoms with Crippen LogP contribution in [0.15, 0.2) is 53.4 Å². The van der Waals surface area contributed by atoms with E-state index in [0.29, 0.717) is 30.3 Å². The van der Waals surface area contributed by atoms with Gasteiger partial charge < -0.3 is 19.9 Å². The van der Waals surface area contributed by atoms with Crippen molar-refractivity contribution in [1.82, 2.24) is 9.21 Å². The van der Waals surface area contributed by atoms with E-state index in [-0.39, 0.29) is 16.9 Å². The van der Waals surface area contributed by atoms with Crippen LogP contribution < -0.4 is 10.1 Å². The number of carbonyl (C=O) groups excluding carboxylic acids is 1. The number of carboxylic acids is 1. The molecule has 2 aromatic carbocycles. The zero-order valence-corrected chi connectivity index (χ0v) is 24.3. The summed E-state index contributed by atoms with van der Waals surface area (Å²) in [6, 6.07) is 13.4. The van der Waals surface area contributed by atoms with E-state index >= 15 is 0 Å². The lowest BCUT2D eigenvalue weighted by molar-refractivity contribution is -0.192. The molecule has 2 aromatic rings. The molecule has 0 radical (unpaired) electrons. The van der Waals surface area contributed by atoms with Gasteiger partial charge in [0.05, 0.1) is 24.2 Å². The lowest BCUT2D eigenvalue weighted by Crippen LogP contribution is -2.46. The number of carboxylic acid groups (broad SMARTS) is 1. The average Bonchev–Trinajstić information content (AvgIpc) is 2.94. The zero-order chi connectivity index (χ0) is 30.9. The van der Waals surface area contributed by atoms with Crippen LogP contribution in [0.4, 0.5) is 18.9 Å². The lowest BCUT2D eigenvalue weighted by Gasteiger charge is -2.36. The number of morpholine rings is 1. The van der Waals surface area contributed by atoms with Crippen LogP contribution in [0.2, 0.25) is 0 Å². The molecule has 2 aliphatic heterocycles. The van der Waals surface area contributed by atoms with Gasteiger partial charge in [0, 0.05) is 44.0 Å². The third kappa shape index (κ3) is 9.96. The normalized spacial score (nSPS) is 18.6. The number of piperidine rings is 1. The van der Waals surface area contributed by atoms with Gasteiger partial charge in [0.2, 0.25) is 10.0 Å². The van der Waals surface area contributed by atoms with Crippen molar-refractivity contribution in [2.75, 3.05) is 51.3 Å². The van der Waals surface area contributed by atoms with E-state index in [0.717, 1.165) is 51.4 Å². The number of anilines is 1. The van der Waals surface area contributed by atoms with Crippen molar-refractivity contribution in [3.05, 3.63) is 54.1 Å². The highest BCUT2D eigenvalue weighted by atomic mass is 32.2. The molecule has 10 nitrogen and oxygen atoms in total. The second kappa shape index (κ2) is 14.8. The standard InChI is InChI=1S/C26H35N3O5S.C2HF3O2/c1-20(2)34-24-10-8-23(9-11-24)27-26(30)22-6-3-7-25(17-22)35(31,32)29-12-4-5-21(19-29)18-28-13-15-33-16-14-28;3-2(4,5)1(6)7/h3,6-11,17,20-21H,4-5,12-16,18-19H2,1-2H3,(H,27,30);(H,6,7). The molecule has 0 aliphatic carbocycles. The number of alkyl halides is 3. The number of halogens is 3. The van der Waals surface area contributed by atoms with E-state index in [1.54, 1.807) is 46.8 Å². The Morgan fingerprint density at radius 1 is 1.10 bits per heavy atom. The van der Waals surface area contributed by atoms with E-state index in [1.165, 1.54) is 6.07 Å². The summed E-state index contributed by atoms with van der Waals surface area (Å²) in [7, 11) is -3.69. The number of amides is 1. The first-order valence-corrected chi connectivity index (χ1v) is 15.0. The number of hydrogen-bond donors (Lipinski definition) is 2. The number of aliphatic carboxylic acids is 1. The molecule has 1 unspecified atom stereocenters. The van der Waals surface area contributed by atoms with Crippen molar-refractivity contribution in [3.63, 3.8) is 0 Å².